The number of halogens is 1. The number of hydrogen-bond acceptors (Lipinski definition) is 5. The summed E-state index contributed by atoms with van der Waals surface area (Å²) in [4.78, 5) is 15.8. The van der Waals surface area contributed by atoms with Crippen molar-refractivity contribution in [3.05, 3.63) is 51.7 Å². The lowest BCUT2D eigenvalue weighted by Gasteiger charge is -2.26. The van der Waals surface area contributed by atoms with E-state index in [1.165, 1.54) is 15.2 Å². The Kier molecular flexibility index (Phi) is 5.93. The highest BCUT2D eigenvalue weighted by Crippen LogP contribution is 2.28. The number of carbonyl (C=O) groups excluding carboxylic acids is 1. The van der Waals surface area contributed by atoms with Crippen molar-refractivity contribution in [1.82, 2.24) is 9.21 Å². The van der Waals surface area contributed by atoms with Gasteiger partial charge in [-0.2, -0.15) is 4.31 Å². The topological polar surface area (TPSA) is 83.7 Å². The molecule has 0 saturated carbocycles. The summed E-state index contributed by atoms with van der Waals surface area (Å²) < 4.78 is 27.6. The first-order valence-electron chi connectivity index (χ1n) is 8.65. The molecular weight excluding hydrogens is 406 g/mol. The van der Waals surface area contributed by atoms with E-state index in [1.54, 1.807) is 34.4 Å². The van der Waals surface area contributed by atoms with Crippen LogP contribution in [0, 0.1) is 0 Å². The minimum absolute atomic E-state index is 0. The molecule has 0 radical (unpaired) electrons. The van der Waals surface area contributed by atoms with Crippen LogP contribution in [0.5, 0.6) is 0 Å². The molecule has 2 aromatic rings. The highest BCUT2D eigenvalue weighted by molar-refractivity contribution is 7.89. The molecule has 0 unspecified atom stereocenters. The molecule has 27 heavy (non-hydrogen) atoms. The maximum absolute atomic E-state index is 13.1. The van der Waals surface area contributed by atoms with E-state index in [0.29, 0.717) is 31.7 Å². The van der Waals surface area contributed by atoms with Gasteiger partial charge in [0.15, 0.2) is 0 Å². The fourth-order valence-corrected chi connectivity index (χ4v) is 5.88. The number of likely N-dealkylation sites (tertiary alicyclic amines) is 1. The molecule has 0 bridgehead atoms. The van der Waals surface area contributed by atoms with Gasteiger partial charge in [-0.05, 0) is 48.1 Å². The molecule has 1 saturated heterocycles. The fourth-order valence-electron chi connectivity index (χ4n) is 3.52. The van der Waals surface area contributed by atoms with Gasteiger partial charge in [-0.1, -0.05) is 6.07 Å². The Balaban J connectivity index is 0.00000210. The predicted octanol–water partition coefficient (Wildman–Crippen LogP) is 2.09. The third-order valence-electron chi connectivity index (χ3n) is 5.00. The molecule has 2 aliphatic rings. The summed E-state index contributed by atoms with van der Waals surface area (Å²) in [5.41, 5.74) is 7.34. The van der Waals surface area contributed by atoms with Crippen molar-refractivity contribution in [2.24, 2.45) is 5.73 Å². The molecule has 0 aliphatic carbocycles. The normalized spacial score (nSPS) is 20.2. The average molecular weight is 428 g/mol. The number of benzene rings is 1. The second kappa shape index (κ2) is 7.89. The van der Waals surface area contributed by atoms with E-state index in [2.05, 4.69) is 0 Å². The van der Waals surface area contributed by atoms with Crippen LogP contribution in [-0.4, -0.2) is 49.2 Å². The molecule has 1 aromatic carbocycles. The summed E-state index contributed by atoms with van der Waals surface area (Å²) in [6.45, 7) is 1.99. The lowest BCUT2D eigenvalue weighted by Crippen LogP contribution is -2.35. The van der Waals surface area contributed by atoms with Crippen molar-refractivity contribution in [3.8, 4) is 0 Å². The molecule has 1 fully saturated rings. The van der Waals surface area contributed by atoms with Crippen molar-refractivity contribution in [3.63, 3.8) is 0 Å². The molecule has 6 nitrogen and oxygen atoms in total. The third kappa shape index (κ3) is 3.90. The van der Waals surface area contributed by atoms with Crippen LogP contribution >= 0.6 is 23.7 Å². The minimum Gasteiger partial charge on any atom is -0.337 e. The van der Waals surface area contributed by atoms with Crippen LogP contribution in [0.1, 0.15) is 27.2 Å². The monoisotopic (exact) mass is 427 g/mol. The lowest BCUT2D eigenvalue weighted by molar-refractivity contribution is 0.0790. The Hall–Kier alpha value is -1.45. The maximum Gasteiger partial charge on any atom is 0.253 e. The van der Waals surface area contributed by atoms with Gasteiger partial charge >= 0.3 is 0 Å². The van der Waals surface area contributed by atoms with Crippen LogP contribution in [0.15, 0.2) is 40.6 Å². The standard InChI is InChI=1S/C18H21N3O3S2.ClH/c19-15-4-7-20(12-15)18(22)13-2-1-3-16(10-13)26(23,24)21-8-5-17-14(11-21)6-9-25-17;/h1-3,6,9-10,15H,4-5,7-8,11-12,19H2;1H/t15-;/m1./s1. The Morgan fingerprint density at radius 2 is 2.04 bits per heavy atom. The number of thiophene rings is 1. The van der Waals surface area contributed by atoms with Crippen molar-refractivity contribution in [2.75, 3.05) is 19.6 Å². The SMILES string of the molecule is Cl.N[C@@H]1CCN(C(=O)c2cccc(S(=O)(=O)N3CCc4sccc4C3)c2)C1. The molecule has 146 valence electrons. The van der Waals surface area contributed by atoms with Crippen LogP contribution in [0.2, 0.25) is 0 Å². The van der Waals surface area contributed by atoms with E-state index in [-0.39, 0.29) is 29.3 Å². The number of sulfonamides is 1. The summed E-state index contributed by atoms with van der Waals surface area (Å²) in [6, 6.07) is 8.33. The molecule has 1 atom stereocenters. The Morgan fingerprint density at radius 3 is 2.78 bits per heavy atom. The molecule has 0 spiro atoms. The van der Waals surface area contributed by atoms with E-state index >= 15 is 0 Å². The molecule has 3 heterocycles. The van der Waals surface area contributed by atoms with E-state index in [0.717, 1.165) is 18.4 Å². The zero-order chi connectivity index (χ0) is 18.3. The Labute approximate surface area is 169 Å². The van der Waals surface area contributed by atoms with Gasteiger partial charge in [0.2, 0.25) is 10.0 Å². The van der Waals surface area contributed by atoms with Crippen molar-refractivity contribution in [2.45, 2.75) is 30.3 Å². The average Bonchev–Trinajstić information content (AvgIpc) is 3.29. The highest BCUT2D eigenvalue weighted by Gasteiger charge is 2.30. The van der Waals surface area contributed by atoms with Gasteiger partial charge in [-0.25, -0.2) is 8.42 Å². The van der Waals surface area contributed by atoms with Gasteiger partial charge in [-0.3, -0.25) is 4.79 Å². The minimum atomic E-state index is -3.63. The molecule has 9 heteroatoms. The smallest absolute Gasteiger partial charge is 0.253 e. The molecular formula is C18H22ClN3O3S2. The molecule has 1 aromatic heterocycles. The summed E-state index contributed by atoms with van der Waals surface area (Å²) in [6.07, 6.45) is 1.51. The first kappa shape index (κ1) is 20.3. The molecule has 4 rings (SSSR count). The number of carbonyl (C=O) groups is 1. The largest absolute Gasteiger partial charge is 0.337 e. The third-order valence-corrected chi connectivity index (χ3v) is 7.87. The van der Waals surface area contributed by atoms with E-state index in [9.17, 15) is 13.2 Å². The van der Waals surface area contributed by atoms with Gasteiger partial charge in [0, 0.05) is 42.7 Å². The van der Waals surface area contributed by atoms with Crippen LogP contribution in [0.25, 0.3) is 0 Å². The van der Waals surface area contributed by atoms with Gasteiger partial charge in [0.25, 0.3) is 5.91 Å². The second-order valence-electron chi connectivity index (χ2n) is 6.79. The number of hydrogen-bond donors (Lipinski definition) is 1. The number of nitrogens with two attached hydrogens (primary N) is 1. The number of amides is 1. The molecule has 1 amide bonds. The van der Waals surface area contributed by atoms with Gasteiger partial charge in [-0.15, -0.1) is 23.7 Å². The fraction of sp³-hybridized carbons (Fsp3) is 0.389. The quantitative estimate of drug-likeness (QED) is 0.812. The van der Waals surface area contributed by atoms with E-state index in [4.69, 9.17) is 5.73 Å². The van der Waals surface area contributed by atoms with Crippen LogP contribution in [0.3, 0.4) is 0 Å². The second-order valence-corrected chi connectivity index (χ2v) is 9.72. The Bertz CT molecular complexity index is 945. The summed E-state index contributed by atoms with van der Waals surface area (Å²) in [5.74, 6) is -0.159. The van der Waals surface area contributed by atoms with Crippen LogP contribution < -0.4 is 5.73 Å². The highest BCUT2D eigenvalue weighted by atomic mass is 35.5. The zero-order valence-electron chi connectivity index (χ0n) is 14.7. The van der Waals surface area contributed by atoms with Gasteiger partial charge in [0.1, 0.15) is 0 Å². The van der Waals surface area contributed by atoms with Crippen molar-refractivity contribution < 1.29 is 13.2 Å². The Morgan fingerprint density at radius 1 is 1.22 bits per heavy atom. The number of rotatable bonds is 3. The summed E-state index contributed by atoms with van der Waals surface area (Å²) >= 11 is 1.67. The maximum atomic E-state index is 13.1. The van der Waals surface area contributed by atoms with Crippen molar-refractivity contribution in [1.29, 1.82) is 0 Å². The van der Waals surface area contributed by atoms with Gasteiger partial charge < -0.3 is 10.6 Å². The predicted molar refractivity (Wildman–Crippen MR) is 108 cm³/mol. The van der Waals surface area contributed by atoms with Crippen molar-refractivity contribution >= 4 is 39.7 Å². The van der Waals surface area contributed by atoms with Gasteiger partial charge in [0.05, 0.1) is 4.90 Å². The first-order chi connectivity index (χ1) is 12.4. The summed E-state index contributed by atoms with van der Waals surface area (Å²) in [7, 11) is -3.63. The number of nitrogens with zero attached hydrogens (tertiary/aromatic N) is 2. The summed E-state index contributed by atoms with van der Waals surface area (Å²) in [5, 5.41) is 2.00. The molecule has 2 N–H and O–H groups in total. The first-order valence-corrected chi connectivity index (χ1v) is 11.0. The number of fused-ring (bicyclic) bond motifs is 1. The zero-order valence-corrected chi connectivity index (χ0v) is 17.2. The van der Waals surface area contributed by atoms with Crippen LogP contribution in [0.4, 0.5) is 0 Å². The van der Waals surface area contributed by atoms with E-state index < -0.39 is 10.0 Å². The lowest BCUT2D eigenvalue weighted by atomic mass is 10.1. The van der Waals surface area contributed by atoms with E-state index in [1.807, 2.05) is 11.4 Å². The molecule has 2 aliphatic heterocycles. The van der Waals surface area contributed by atoms with Crippen LogP contribution in [-0.2, 0) is 23.0 Å².